The molecule has 0 radical (unpaired) electrons. The maximum absolute atomic E-state index is 5.15. The number of rotatable bonds is 1. The quantitative estimate of drug-likeness (QED) is 0.769. The second-order valence-corrected chi connectivity index (χ2v) is 3.53. The summed E-state index contributed by atoms with van der Waals surface area (Å²) in [5.41, 5.74) is 1.85. The van der Waals surface area contributed by atoms with Crippen molar-refractivity contribution in [3.63, 3.8) is 0 Å². The van der Waals surface area contributed by atoms with E-state index in [2.05, 4.69) is 26.0 Å². The summed E-state index contributed by atoms with van der Waals surface area (Å²) in [4.78, 5) is 3.84. The third-order valence-electron chi connectivity index (χ3n) is 1.93. The van der Waals surface area contributed by atoms with Crippen LogP contribution in [0.4, 0.5) is 0 Å². The van der Waals surface area contributed by atoms with Crippen molar-refractivity contribution in [3.8, 4) is 11.5 Å². The number of hydrogen-bond acceptors (Lipinski definition) is 3. The van der Waals surface area contributed by atoms with Gasteiger partial charge in [-0.05, 0) is 22.9 Å². The molecule has 0 aromatic carbocycles. The average molecular weight is 242 g/mol. The number of nitrogens with zero attached hydrogens (tertiary/aromatic N) is 3. The predicted octanol–water partition coefficient (Wildman–Crippen LogP) is 2.15. The lowest BCUT2D eigenvalue weighted by molar-refractivity contribution is 0.567. The van der Waals surface area contributed by atoms with Gasteiger partial charge in [0.15, 0.2) is 12.2 Å². The normalized spacial score (nSPS) is 10.7. The first kappa shape index (κ1) is 8.50. The van der Waals surface area contributed by atoms with Crippen molar-refractivity contribution < 1.29 is 4.42 Å². The highest BCUT2D eigenvalue weighted by Gasteiger charge is 2.14. The Balaban J connectivity index is 2.59. The average Bonchev–Trinajstić information content (AvgIpc) is 2.70. The molecule has 0 fully saturated rings. The molecule has 0 atom stereocenters. The van der Waals surface area contributed by atoms with Crippen LogP contribution in [-0.4, -0.2) is 14.8 Å². The lowest BCUT2D eigenvalue weighted by Gasteiger charge is -1.89. The van der Waals surface area contributed by atoms with E-state index < -0.39 is 0 Å². The molecule has 0 bridgehead atoms. The van der Waals surface area contributed by atoms with Crippen LogP contribution < -0.4 is 0 Å². The van der Waals surface area contributed by atoms with Crippen LogP contribution in [0.1, 0.15) is 5.69 Å². The van der Waals surface area contributed by atoms with Crippen molar-refractivity contribution in [1.29, 1.82) is 0 Å². The van der Waals surface area contributed by atoms with Gasteiger partial charge in [-0.1, -0.05) is 0 Å². The van der Waals surface area contributed by atoms with Crippen LogP contribution in [0.3, 0.4) is 0 Å². The number of aryl methyl sites for hydroxylation is 1. The smallest absolute Gasteiger partial charge is 0.181 e. The molecule has 2 rings (SSSR count). The highest BCUT2D eigenvalue weighted by Crippen LogP contribution is 2.28. The molecule has 0 unspecified atom stereocenters. The SMILES string of the molecule is Cc1c(Br)c(-c2cnco2)nn1C. The van der Waals surface area contributed by atoms with Gasteiger partial charge in [-0.25, -0.2) is 4.98 Å². The van der Waals surface area contributed by atoms with Gasteiger partial charge in [-0.3, -0.25) is 4.68 Å². The highest BCUT2D eigenvalue weighted by molar-refractivity contribution is 9.10. The van der Waals surface area contributed by atoms with Gasteiger partial charge in [-0.2, -0.15) is 5.10 Å². The van der Waals surface area contributed by atoms with Crippen LogP contribution >= 0.6 is 15.9 Å². The first-order valence-electron chi connectivity index (χ1n) is 3.78. The maximum Gasteiger partial charge on any atom is 0.181 e. The van der Waals surface area contributed by atoms with Crippen LogP contribution in [0.25, 0.3) is 11.5 Å². The Hall–Kier alpha value is -1.10. The molecule has 0 amide bonds. The minimum absolute atomic E-state index is 0.676. The van der Waals surface area contributed by atoms with Crippen molar-refractivity contribution in [2.45, 2.75) is 6.92 Å². The molecule has 0 N–H and O–H groups in total. The summed E-state index contributed by atoms with van der Waals surface area (Å²) in [6, 6.07) is 0. The molecule has 0 saturated carbocycles. The van der Waals surface area contributed by atoms with Crippen molar-refractivity contribution in [2.24, 2.45) is 7.05 Å². The summed E-state index contributed by atoms with van der Waals surface area (Å²) >= 11 is 3.45. The van der Waals surface area contributed by atoms with Gasteiger partial charge in [0.05, 0.1) is 10.7 Å². The lowest BCUT2D eigenvalue weighted by Crippen LogP contribution is -1.92. The summed E-state index contributed by atoms with van der Waals surface area (Å²) in [6.07, 6.45) is 3.04. The maximum atomic E-state index is 5.15. The van der Waals surface area contributed by atoms with Crippen LogP contribution in [0.5, 0.6) is 0 Å². The first-order chi connectivity index (χ1) is 6.20. The number of oxazole rings is 1. The summed E-state index contributed by atoms with van der Waals surface area (Å²) in [5, 5.41) is 4.29. The summed E-state index contributed by atoms with van der Waals surface area (Å²) < 4.78 is 7.90. The van der Waals surface area contributed by atoms with Gasteiger partial charge in [-0.15, -0.1) is 0 Å². The molecule has 4 nitrogen and oxygen atoms in total. The minimum atomic E-state index is 0.676. The second-order valence-electron chi connectivity index (χ2n) is 2.74. The molecule has 0 aliphatic rings. The Kier molecular flexibility index (Phi) is 1.95. The molecular weight excluding hydrogens is 234 g/mol. The third-order valence-corrected chi connectivity index (χ3v) is 2.88. The highest BCUT2D eigenvalue weighted by atomic mass is 79.9. The van der Waals surface area contributed by atoms with Crippen LogP contribution in [0.2, 0.25) is 0 Å². The lowest BCUT2D eigenvalue weighted by atomic mass is 10.3. The fourth-order valence-electron chi connectivity index (χ4n) is 1.07. The molecule has 68 valence electrons. The van der Waals surface area contributed by atoms with E-state index >= 15 is 0 Å². The number of halogens is 1. The Morgan fingerprint density at radius 2 is 2.31 bits per heavy atom. The molecule has 5 heteroatoms. The van der Waals surface area contributed by atoms with Crippen molar-refractivity contribution in [3.05, 3.63) is 22.8 Å². The Morgan fingerprint density at radius 1 is 1.54 bits per heavy atom. The molecule has 2 heterocycles. The van der Waals surface area contributed by atoms with Crippen LogP contribution in [0.15, 0.2) is 21.5 Å². The standard InChI is InChI=1S/C8H8BrN3O/c1-5-7(9)8(11-12(5)2)6-3-10-4-13-6/h3-4H,1-2H3. The molecule has 0 aliphatic carbocycles. The number of hydrogen-bond donors (Lipinski definition) is 0. The number of aromatic nitrogens is 3. The van der Waals surface area contributed by atoms with Gasteiger partial charge >= 0.3 is 0 Å². The van der Waals surface area contributed by atoms with E-state index in [1.54, 1.807) is 10.9 Å². The monoisotopic (exact) mass is 241 g/mol. The fraction of sp³-hybridized carbons (Fsp3) is 0.250. The van der Waals surface area contributed by atoms with Crippen LogP contribution in [-0.2, 0) is 7.05 Å². The zero-order chi connectivity index (χ0) is 9.42. The molecule has 2 aromatic rings. The fourth-order valence-corrected chi connectivity index (χ4v) is 1.60. The molecule has 0 saturated heterocycles. The van der Waals surface area contributed by atoms with E-state index in [0.29, 0.717) is 5.76 Å². The van der Waals surface area contributed by atoms with Crippen LogP contribution in [0, 0.1) is 6.92 Å². The largest absolute Gasteiger partial charge is 0.442 e. The molecule has 0 aliphatic heterocycles. The van der Waals surface area contributed by atoms with E-state index in [1.165, 1.54) is 6.39 Å². The van der Waals surface area contributed by atoms with E-state index in [1.807, 2.05) is 14.0 Å². The van der Waals surface area contributed by atoms with E-state index in [9.17, 15) is 0 Å². The van der Waals surface area contributed by atoms with E-state index in [4.69, 9.17) is 4.42 Å². The Labute approximate surface area is 83.7 Å². The molecule has 13 heavy (non-hydrogen) atoms. The summed E-state index contributed by atoms with van der Waals surface area (Å²) in [7, 11) is 1.89. The predicted molar refractivity (Wildman–Crippen MR) is 51.1 cm³/mol. The summed E-state index contributed by atoms with van der Waals surface area (Å²) in [5.74, 6) is 0.676. The van der Waals surface area contributed by atoms with Gasteiger partial charge in [0.25, 0.3) is 0 Å². The Bertz CT molecular complexity index is 419. The third kappa shape index (κ3) is 1.29. The molecular formula is C8H8BrN3O. The van der Waals surface area contributed by atoms with Crippen molar-refractivity contribution >= 4 is 15.9 Å². The first-order valence-corrected chi connectivity index (χ1v) is 4.57. The molecule has 2 aromatic heterocycles. The zero-order valence-electron chi connectivity index (χ0n) is 7.28. The molecule has 0 spiro atoms. The van der Waals surface area contributed by atoms with Gasteiger partial charge in [0.2, 0.25) is 0 Å². The van der Waals surface area contributed by atoms with Crippen molar-refractivity contribution in [1.82, 2.24) is 14.8 Å². The topological polar surface area (TPSA) is 43.9 Å². The van der Waals surface area contributed by atoms with Gasteiger partial charge < -0.3 is 4.42 Å². The summed E-state index contributed by atoms with van der Waals surface area (Å²) in [6.45, 7) is 1.98. The minimum Gasteiger partial charge on any atom is -0.442 e. The van der Waals surface area contributed by atoms with E-state index in [0.717, 1.165) is 15.9 Å². The van der Waals surface area contributed by atoms with Crippen molar-refractivity contribution in [2.75, 3.05) is 0 Å². The second kappa shape index (κ2) is 2.99. The van der Waals surface area contributed by atoms with Gasteiger partial charge in [0, 0.05) is 12.7 Å². The van der Waals surface area contributed by atoms with Gasteiger partial charge in [0.1, 0.15) is 5.69 Å². The van der Waals surface area contributed by atoms with E-state index in [-0.39, 0.29) is 0 Å². The zero-order valence-corrected chi connectivity index (χ0v) is 8.87. The Morgan fingerprint density at radius 3 is 2.77 bits per heavy atom.